The molecular formula is C20H26BrN3O4. The minimum absolute atomic E-state index is 0.102. The lowest BCUT2D eigenvalue weighted by molar-refractivity contribution is -0.117. The van der Waals surface area contributed by atoms with Crippen molar-refractivity contribution >= 4 is 38.7 Å². The monoisotopic (exact) mass is 451 g/mol. The summed E-state index contributed by atoms with van der Waals surface area (Å²) in [5.74, 6) is 0.706. The second kappa shape index (κ2) is 9.32. The number of nitrogens with zero attached hydrogens (tertiary/aromatic N) is 2. The molecule has 1 heterocycles. The number of hydrogen-bond donors (Lipinski definition) is 1. The van der Waals surface area contributed by atoms with Gasteiger partial charge in [0.2, 0.25) is 0 Å². The number of ketones is 1. The van der Waals surface area contributed by atoms with Crippen LogP contribution in [-0.2, 0) is 22.5 Å². The largest absolute Gasteiger partial charge is 0.444 e. The van der Waals surface area contributed by atoms with Crippen molar-refractivity contribution in [3.63, 3.8) is 0 Å². The summed E-state index contributed by atoms with van der Waals surface area (Å²) in [5.41, 5.74) is -0.146. The molecule has 152 valence electrons. The van der Waals surface area contributed by atoms with E-state index in [2.05, 4.69) is 26.2 Å². The van der Waals surface area contributed by atoms with Gasteiger partial charge in [0.1, 0.15) is 17.2 Å². The SMILES string of the molecule is CC(=O)CCCc1nc2ccc(Br)cc2c(=O)n1CCNC(=O)OC(C)(C)C. The second-order valence-electron chi connectivity index (χ2n) is 7.63. The summed E-state index contributed by atoms with van der Waals surface area (Å²) in [7, 11) is 0. The first-order valence-corrected chi connectivity index (χ1v) is 10.0. The normalized spacial score (nSPS) is 11.5. The molecule has 0 unspecified atom stereocenters. The predicted octanol–water partition coefficient (Wildman–Crippen LogP) is 3.60. The maximum atomic E-state index is 13.0. The zero-order chi connectivity index (χ0) is 20.9. The van der Waals surface area contributed by atoms with Gasteiger partial charge in [0.25, 0.3) is 5.56 Å². The highest BCUT2D eigenvalue weighted by molar-refractivity contribution is 9.10. The number of Topliss-reactive ketones (excluding diaryl/α,β-unsaturated/α-hetero) is 1. The van der Waals surface area contributed by atoms with Crippen LogP contribution in [0.15, 0.2) is 27.5 Å². The van der Waals surface area contributed by atoms with E-state index in [0.717, 1.165) is 4.47 Å². The van der Waals surface area contributed by atoms with Crippen molar-refractivity contribution < 1.29 is 14.3 Å². The zero-order valence-electron chi connectivity index (χ0n) is 16.7. The molecule has 28 heavy (non-hydrogen) atoms. The summed E-state index contributed by atoms with van der Waals surface area (Å²) in [5, 5.41) is 3.17. The van der Waals surface area contributed by atoms with Crippen molar-refractivity contribution in [3.8, 4) is 0 Å². The summed E-state index contributed by atoms with van der Waals surface area (Å²) < 4.78 is 7.57. The van der Waals surface area contributed by atoms with Gasteiger partial charge in [-0.15, -0.1) is 0 Å². The maximum absolute atomic E-state index is 13.0. The Bertz CT molecular complexity index is 931. The van der Waals surface area contributed by atoms with E-state index in [1.165, 1.54) is 0 Å². The molecule has 0 aliphatic rings. The lowest BCUT2D eigenvalue weighted by Crippen LogP contribution is -2.36. The Morgan fingerprint density at radius 2 is 2.00 bits per heavy atom. The van der Waals surface area contributed by atoms with Crippen molar-refractivity contribution in [2.45, 2.75) is 59.1 Å². The van der Waals surface area contributed by atoms with Crippen LogP contribution >= 0.6 is 15.9 Å². The van der Waals surface area contributed by atoms with Gasteiger partial charge >= 0.3 is 6.09 Å². The molecule has 0 atom stereocenters. The van der Waals surface area contributed by atoms with E-state index < -0.39 is 11.7 Å². The summed E-state index contributed by atoms with van der Waals surface area (Å²) in [6.07, 6.45) is 1.02. The molecule has 7 nitrogen and oxygen atoms in total. The molecule has 0 saturated heterocycles. The molecule has 0 aliphatic heterocycles. The Hall–Kier alpha value is -2.22. The molecule has 1 aromatic carbocycles. The number of aryl methyl sites for hydroxylation is 1. The number of alkyl carbamates (subject to hydrolysis) is 1. The van der Waals surface area contributed by atoms with Crippen LogP contribution in [0.5, 0.6) is 0 Å². The zero-order valence-corrected chi connectivity index (χ0v) is 18.3. The summed E-state index contributed by atoms with van der Waals surface area (Å²) >= 11 is 3.38. The fourth-order valence-corrected chi connectivity index (χ4v) is 3.10. The lowest BCUT2D eigenvalue weighted by Gasteiger charge is -2.20. The first-order chi connectivity index (χ1) is 13.1. The lowest BCUT2D eigenvalue weighted by atomic mass is 10.1. The van der Waals surface area contributed by atoms with E-state index in [0.29, 0.717) is 36.0 Å². The molecule has 0 spiro atoms. The van der Waals surface area contributed by atoms with Crippen LogP contribution in [0.1, 0.15) is 46.4 Å². The number of aromatic nitrogens is 2. The van der Waals surface area contributed by atoms with E-state index in [9.17, 15) is 14.4 Å². The predicted molar refractivity (Wildman–Crippen MR) is 112 cm³/mol. The smallest absolute Gasteiger partial charge is 0.407 e. The fourth-order valence-electron chi connectivity index (χ4n) is 2.74. The molecule has 1 N–H and O–H groups in total. The van der Waals surface area contributed by atoms with Crippen LogP contribution in [0.25, 0.3) is 10.9 Å². The highest BCUT2D eigenvalue weighted by atomic mass is 79.9. The molecule has 2 rings (SSSR count). The van der Waals surface area contributed by atoms with Crippen LogP contribution in [0.4, 0.5) is 4.79 Å². The summed E-state index contributed by atoms with van der Waals surface area (Å²) in [6, 6.07) is 5.36. The molecule has 0 fully saturated rings. The van der Waals surface area contributed by atoms with Crippen LogP contribution in [0, 0.1) is 0 Å². The van der Waals surface area contributed by atoms with Gasteiger partial charge < -0.3 is 14.8 Å². The fraction of sp³-hybridized carbons (Fsp3) is 0.500. The van der Waals surface area contributed by atoms with E-state index in [4.69, 9.17) is 4.74 Å². The number of nitrogens with one attached hydrogen (secondary N) is 1. The Balaban J connectivity index is 2.24. The number of rotatable bonds is 7. The number of amides is 1. The number of fused-ring (bicyclic) bond motifs is 1. The van der Waals surface area contributed by atoms with Crippen LogP contribution < -0.4 is 10.9 Å². The minimum Gasteiger partial charge on any atom is -0.444 e. The Labute approximate surface area is 172 Å². The first kappa shape index (κ1) is 22.1. The third-order valence-electron chi connectivity index (χ3n) is 3.93. The van der Waals surface area contributed by atoms with Gasteiger partial charge in [-0.1, -0.05) is 15.9 Å². The van der Waals surface area contributed by atoms with Crippen molar-refractivity contribution in [2.24, 2.45) is 0 Å². The molecular weight excluding hydrogens is 426 g/mol. The number of hydrogen-bond acceptors (Lipinski definition) is 5. The van der Waals surface area contributed by atoms with Crippen molar-refractivity contribution in [3.05, 3.63) is 38.9 Å². The number of halogens is 1. The van der Waals surface area contributed by atoms with E-state index in [-0.39, 0.29) is 24.4 Å². The minimum atomic E-state index is -0.588. The van der Waals surface area contributed by atoms with Crippen molar-refractivity contribution in [2.75, 3.05) is 6.54 Å². The topological polar surface area (TPSA) is 90.3 Å². The van der Waals surface area contributed by atoms with Gasteiger partial charge in [0.05, 0.1) is 10.9 Å². The standard InChI is InChI=1S/C20H26BrN3O4/c1-13(25)6-5-7-17-23-16-9-8-14(21)12-15(16)18(26)24(17)11-10-22-19(27)28-20(2,3)4/h8-9,12H,5-7,10-11H2,1-4H3,(H,22,27). The highest BCUT2D eigenvalue weighted by Crippen LogP contribution is 2.16. The molecule has 1 aromatic heterocycles. The quantitative estimate of drug-likeness (QED) is 0.694. The van der Waals surface area contributed by atoms with Crippen molar-refractivity contribution in [1.29, 1.82) is 0 Å². The highest BCUT2D eigenvalue weighted by Gasteiger charge is 2.16. The number of carbonyl (C=O) groups is 2. The van der Waals surface area contributed by atoms with Gasteiger partial charge in [-0.2, -0.15) is 0 Å². The molecule has 0 radical (unpaired) electrons. The van der Waals surface area contributed by atoms with E-state index in [1.807, 2.05) is 6.07 Å². The van der Waals surface area contributed by atoms with E-state index in [1.54, 1.807) is 44.4 Å². The number of benzene rings is 1. The summed E-state index contributed by atoms with van der Waals surface area (Å²) in [6.45, 7) is 7.40. The molecule has 2 aromatic rings. The third-order valence-corrected chi connectivity index (χ3v) is 4.42. The van der Waals surface area contributed by atoms with Crippen LogP contribution in [-0.4, -0.2) is 33.6 Å². The average Bonchev–Trinajstić information content (AvgIpc) is 2.56. The number of carbonyl (C=O) groups excluding carboxylic acids is 2. The van der Waals surface area contributed by atoms with Crippen LogP contribution in [0.3, 0.4) is 0 Å². The van der Waals surface area contributed by atoms with E-state index >= 15 is 0 Å². The van der Waals surface area contributed by atoms with Gasteiger partial charge in [-0.05, 0) is 52.3 Å². The average molecular weight is 452 g/mol. The first-order valence-electron chi connectivity index (χ1n) is 9.22. The van der Waals surface area contributed by atoms with Crippen molar-refractivity contribution in [1.82, 2.24) is 14.9 Å². The van der Waals surface area contributed by atoms with Crippen LogP contribution in [0.2, 0.25) is 0 Å². The third kappa shape index (κ3) is 6.44. The van der Waals surface area contributed by atoms with Gasteiger partial charge in [-0.25, -0.2) is 9.78 Å². The second-order valence-corrected chi connectivity index (χ2v) is 8.55. The Morgan fingerprint density at radius 3 is 2.64 bits per heavy atom. The maximum Gasteiger partial charge on any atom is 0.407 e. The molecule has 0 saturated carbocycles. The van der Waals surface area contributed by atoms with Gasteiger partial charge in [0, 0.05) is 30.4 Å². The van der Waals surface area contributed by atoms with Gasteiger partial charge in [0.15, 0.2) is 0 Å². The summed E-state index contributed by atoms with van der Waals surface area (Å²) in [4.78, 5) is 40.7. The Kier molecular flexibility index (Phi) is 7.35. The molecule has 0 bridgehead atoms. The Morgan fingerprint density at radius 1 is 1.29 bits per heavy atom. The molecule has 0 aliphatic carbocycles. The molecule has 8 heteroatoms. The molecule has 1 amide bonds. The number of ether oxygens (including phenoxy) is 1. The van der Waals surface area contributed by atoms with Gasteiger partial charge in [-0.3, -0.25) is 9.36 Å².